The van der Waals surface area contributed by atoms with E-state index < -0.39 is 18.6 Å². The maximum atomic E-state index is 12.0. The topological polar surface area (TPSA) is 61.7 Å². The van der Waals surface area contributed by atoms with E-state index in [1.807, 2.05) is 0 Å². The maximum absolute atomic E-state index is 12.0. The van der Waals surface area contributed by atoms with Crippen molar-refractivity contribution in [2.24, 2.45) is 5.92 Å². The smallest absolute Gasteiger partial charge is 0.265 e. The molecular weight excluding hydrogens is 256 g/mol. The predicted molar refractivity (Wildman–Crippen MR) is 68.3 cm³/mol. The van der Waals surface area contributed by atoms with Gasteiger partial charge in [0.25, 0.3) is 6.43 Å². The molecule has 0 radical (unpaired) electrons. The van der Waals surface area contributed by atoms with Crippen molar-refractivity contribution in [3.8, 4) is 0 Å². The van der Waals surface area contributed by atoms with Gasteiger partial charge in [-0.15, -0.1) is 0 Å². The molecule has 0 aromatic carbocycles. The van der Waals surface area contributed by atoms with Crippen LogP contribution in [0.1, 0.15) is 32.6 Å². The summed E-state index contributed by atoms with van der Waals surface area (Å²) < 4.78 is 29.6. The van der Waals surface area contributed by atoms with Gasteiger partial charge in [0, 0.05) is 13.1 Å². The standard InChI is InChI=1S/C13H25F2NO3/c1-9-2-4-11(5-3-9)19-8-10(17)6-16-7-12(18)13(14)15/h9-13,16-18H,2-8H2,1H3. The summed E-state index contributed by atoms with van der Waals surface area (Å²) in [5.41, 5.74) is 0. The number of alkyl halides is 2. The van der Waals surface area contributed by atoms with Gasteiger partial charge in [-0.25, -0.2) is 8.78 Å². The van der Waals surface area contributed by atoms with Crippen LogP contribution in [0.25, 0.3) is 0 Å². The molecule has 0 saturated heterocycles. The molecular formula is C13H25F2NO3. The van der Waals surface area contributed by atoms with E-state index in [4.69, 9.17) is 9.84 Å². The van der Waals surface area contributed by atoms with E-state index in [2.05, 4.69) is 12.2 Å². The van der Waals surface area contributed by atoms with Gasteiger partial charge in [0.05, 0.1) is 18.8 Å². The highest BCUT2D eigenvalue weighted by molar-refractivity contribution is 4.71. The van der Waals surface area contributed by atoms with Crippen LogP contribution in [0.5, 0.6) is 0 Å². The first kappa shape index (κ1) is 16.8. The number of aliphatic hydroxyl groups excluding tert-OH is 2. The second-order valence-electron chi connectivity index (χ2n) is 5.43. The molecule has 0 aliphatic heterocycles. The molecule has 0 heterocycles. The average Bonchev–Trinajstić information content (AvgIpc) is 2.37. The van der Waals surface area contributed by atoms with Crippen LogP contribution in [0, 0.1) is 5.92 Å². The van der Waals surface area contributed by atoms with Crippen molar-refractivity contribution in [1.29, 1.82) is 0 Å². The van der Waals surface area contributed by atoms with Crippen LogP contribution in [0.2, 0.25) is 0 Å². The zero-order valence-electron chi connectivity index (χ0n) is 11.4. The molecule has 6 heteroatoms. The zero-order chi connectivity index (χ0) is 14.3. The van der Waals surface area contributed by atoms with Crippen LogP contribution in [0.4, 0.5) is 8.78 Å². The number of aliphatic hydroxyl groups is 2. The van der Waals surface area contributed by atoms with Gasteiger partial charge in [-0.3, -0.25) is 0 Å². The fraction of sp³-hybridized carbons (Fsp3) is 1.00. The van der Waals surface area contributed by atoms with Crippen molar-refractivity contribution < 1.29 is 23.7 Å². The van der Waals surface area contributed by atoms with Gasteiger partial charge < -0.3 is 20.3 Å². The molecule has 0 spiro atoms. The number of halogens is 2. The Labute approximate surface area is 113 Å². The lowest BCUT2D eigenvalue weighted by Gasteiger charge is -2.27. The molecule has 0 aromatic rings. The average molecular weight is 281 g/mol. The van der Waals surface area contributed by atoms with Gasteiger partial charge in [0.1, 0.15) is 6.10 Å². The van der Waals surface area contributed by atoms with E-state index in [9.17, 15) is 13.9 Å². The van der Waals surface area contributed by atoms with Gasteiger partial charge >= 0.3 is 0 Å². The summed E-state index contributed by atoms with van der Waals surface area (Å²) in [6.07, 6.45) is -0.629. The summed E-state index contributed by atoms with van der Waals surface area (Å²) in [7, 11) is 0. The van der Waals surface area contributed by atoms with Crippen LogP contribution < -0.4 is 5.32 Å². The minimum Gasteiger partial charge on any atom is -0.389 e. The first-order chi connectivity index (χ1) is 8.99. The van der Waals surface area contributed by atoms with Gasteiger partial charge in [-0.2, -0.15) is 0 Å². The number of hydrogen-bond donors (Lipinski definition) is 3. The van der Waals surface area contributed by atoms with Crippen molar-refractivity contribution in [3.63, 3.8) is 0 Å². The van der Waals surface area contributed by atoms with Crippen LogP contribution in [-0.2, 0) is 4.74 Å². The lowest BCUT2D eigenvalue weighted by molar-refractivity contribution is -0.0315. The SMILES string of the molecule is CC1CCC(OCC(O)CNCC(O)C(F)F)CC1. The monoisotopic (exact) mass is 281 g/mol. The highest BCUT2D eigenvalue weighted by Gasteiger charge is 2.20. The van der Waals surface area contributed by atoms with Gasteiger partial charge in [-0.1, -0.05) is 6.92 Å². The van der Waals surface area contributed by atoms with E-state index in [1.165, 1.54) is 0 Å². The third kappa shape index (κ3) is 7.15. The zero-order valence-corrected chi connectivity index (χ0v) is 11.4. The minimum atomic E-state index is -2.76. The van der Waals surface area contributed by atoms with Crippen LogP contribution in [0.3, 0.4) is 0 Å². The quantitative estimate of drug-likeness (QED) is 0.625. The summed E-state index contributed by atoms with van der Waals surface area (Å²) in [5, 5.41) is 21.1. The van der Waals surface area contributed by atoms with Crippen molar-refractivity contribution in [3.05, 3.63) is 0 Å². The fourth-order valence-electron chi connectivity index (χ4n) is 2.19. The van der Waals surface area contributed by atoms with E-state index >= 15 is 0 Å². The van der Waals surface area contributed by atoms with Crippen molar-refractivity contribution in [2.75, 3.05) is 19.7 Å². The van der Waals surface area contributed by atoms with E-state index in [0.29, 0.717) is 0 Å². The van der Waals surface area contributed by atoms with Crippen molar-refractivity contribution in [1.82, 2.24) is 5.32 Å². The summed E-state index contributed by atoms with van der Waals surface area (Å²) in [6.45, 7) is 2.35. The fourth-order valence-corrected chi connectivity index (χ4v) is 2.19. The molecule has 2 atom stereocenters. The van der Waals surface area contributed by atoms with E-state index in [0.717, 1.165) is 31.6 Å². The molecule has 4 nitrogen and oxygen atoms in total. The summed E-state index contributed by atoms with van der Waals surface area (Å²) in [6, 6.07) is 0. The molecule has 19 heavy (non-hydrogen) atoms. The Hall–Kier alpha value is -0.300. The number of ether oxygens (including phenoxy) is 1. The molecule has 2 unspecified atom stereocenters. The molecule has 0 amide bonds. The highest BCUT2D eigenvalue weighted by atomic mass is 19.3. The third-order valence-corrected chi connectivity index (χ3v) is 3.51. The Morgan fingerprint density at radius 2 is 1.79 bits per heavy atom. The lowest BCUT2D eigenvalue weighted by atomic mass is 9.89. The predicted octanol–water partition coefficient (Wildman–Crippen LogP) is 1.16. The Balaban J connectivity index is 2.03. The number of hydrogen-bond acceptors (Lipinski definition) is 4. The molecule has 3 N–H and O–H groups in total. The Kier molecular flexibility index (Phi) is 7.75. The van der Waals surface area contributed by atoms with E-state index in [-0.39, 0.29) is 25.8 Å². The van der Waals surface area contributed by atoms with Crippen LogP contribution in [0.15, 0.2) is 0 Å². The lowest BCUT2D eigenvalue weighted by Crippen LogP contribution is -2.38. The second-order valence-corrected chi connectivity index (χ2v) is 5.43. The summed E-state index contributed by atoms with van der Waals surface area (Å²) in [5.74, 6) is 0.752. The van der Waals surface area contributed by atoms with Gasteiger partial charge in [0.15, 0.2) is 0 Å². The Morgan fingerprint density at radius 1 is 1.16 bits per heavy atom. The Bertz CT molecular complexity index is 236. The molecule has 1 fully saturated rings. The normalized spacial score (nSPS) is 27.5. The summed E-state index contributed by atoms with van der Waals surface area (Å²) >= 11 is 0. The van der Waals surface area contributed by atoms with Crippen molar-refractivity contribution >= 4 is 0 Å². The van der Waals surface area contributed by atoms with Crippen LogP contribution in [-0.4, -0.2) is 54.6 Å². The maximum Gasteiger partial charge on any atom is 0.265 e. The van der Waals surface area contributed by atoms with E-state index in [1.54, 1.807) is 0 Å². The largest absolute Gasteiger partial charge is 0.389 e. The molecule has 0 bridgehead atoms. The molecule has 1 aliphatic rings. The molecule has 1 saturated carbocycles. The minimum absolute atomic E-state index is 0.146. The van der Waals surface area contributed by atoms with Crippen molar-refractivity contribution in [2.45, 2.75) is 57.3 Å². The molecule has 1 rings (SSSR count). The third-order valence-electron chi connectivity index (χ3n) is 3.51. The van der Waals surface area contributed by atoms with Gasteiger partial charge in [0.2, 0.25) is 0 Å². The highest BCUT2D eigenvalue weighted by Crippen LogP contribution is 2.25. The number of nitrogens with one attached hydrogen (secondary N) is 1. The second kappa shape index (κ2) is 8.79. The first-order valence-electron chi connectivity index (χ1n) is 6.95. The Morgan fingerprint density at radius 3 is 2.37 bits per heavy atom. The first-order valence-corrected chi connectivity index (χ1v) is 6.95. The molecule has 0 aromatic heterocycles. The number of rotatable bonds is 8. The molecule has 1 aliphatic carbocycles. The van der Waals surface area contributed by atoms with Crippen LogP contribution >= 0.6 is 0 Å². The molecule has 114 valence electrons. The summed E-state index contributed by atoms with van der Waals surface area (Å²) in [4.78, 5) is 0. The van der Waals surface area contributed by atoms with Gasteiger partial charge in [-0.05, 0) is 31.6 Å².